The highest BCUT2D eigenvalue weighted by Crippen LogP contribution is 2.12. The minimum atomic E-state index is -1.29. The van der Waals surface area contributed by atoms with Crippen molar-refractivity contribution in [1.29, 1.82) is 0 Å². The number of nitrogens with zero attached hydrogens (tertiary/aromatic N) is 3. The predicted molar refractivity (Wildman–Crippen MR) is 70.0 cm³/mol. The summed E-state index contributed by atoms with van der Waals surface area (Å²) in [5, 5.41) is 8.48. The van der Waals surface area contributed by atoms with Crippen LogP contribution in [0.25, 0.3) is 0 Å². The van der Waals surface area contributed by atoms with Gasteiger partial charge >= 0.3 is 11.9 Å². The Balaban J connectivity index is 2.08. The van der Waals surface area contributed by atoms with Crippen LogP contribution in [0.1, 0.15) is 16.1 Å². The van der Waals surface area contributed by atoms with E-state index in [0.29, 0.717) is 10.6 Å². The van der Waals surface area contributed by atoms with E-state index in [1.54, 1.807) is 12.2 Å². The van der Waals surface area contributed by atoms with Crippen LogP contribution in [0.3, 0.4) is 0 Å². The van der Waals surface area contributed by atoms with Crippen molar-refractivity contribution >= 4 is 24.2 Å². The van der Waals surface area contributed by atoms with E-state index in [-0.39, 0.29) is 17.8 Å². The second-order valence-corrected chi connectivity index (χ2v) is 4.10. The van der Waals surface area contributed by atoms with E-state index in [1.807, 2.05) is 0 Å². The Labute approximate surface area is 128 Å². The highest BCUT2D eigenvalue weighted by atomic mass is 19.1. The summed E-state index contributed by atoms with van der Waals surface area (Å²) in [6.07, 6.45) is -1.19. The van der Waals surface area contributed by atoms with Gasteiger partial charge in [-0.2, -0.15) is 0 Å². The van der Waals surface area contributed by atoms with Gasteiger partial charge in [-0.05, 0) is 24.2 Å². The highest BCUT2D eigenvalue weighted by molar-refractivity contribution is 6.02. The van der Waals surface area contributed by atoms with E-state index in [2.05, 4.69) is 15.1 Å². The number of carbonyl (C=O) groups is 3. The number of aryl methyl sites for hydroxylation is 1. The van der Waals surface area contributed by atoms with Gasteiger partial charge in [-0.3, -0.25) is 19.4 Å². The van der Waals surface area contributed by atoms with Gasteiger partial charge in [0.2, 0.25) is 0 Å². The molecule has 2 rings (SSSR count). The van der Waals surface area contributed by atoms with Crippen molar-refractivity contribution in [2.75, 3.05) is 0 Å². The van der Waals surface area contributed by atoms with Crippen molar-refractivity contribution in [3.05, 3.63) is 47.5 Å². The number of carbonyl (C=O) groups excluding carboxylic acids is 3. The van der Waals surface area contributed by atoms with Crippen molar-refractivity contribution in [3.8, 4) is 0 Å². The first-order valence-corrected chi connectivity index (χ1v) is 6.17. The first-order valence-electron chi connectivity index (χ1n) is 6.17. The van der Waals surface area contributed by atoms with Crippen LogP contribution in [-0.4, -0.2) is 28.4 Å². The maximum atomic E-state index is 13.4. The summed E-state index contributed by atoms with van der Waals surface area (Å²) >= 11 is 0. The van der Waals surface area contributed by atoms with E-state index >= 15 is 0 Å². The molecule has 0 saturated heterocycles. The molecule has 1 aromatic carbocycles. The van der Waals surface area contributed by atoms with Gasteiger partial charge in [0.25, 0.3) is 12.3 Å². The zero-order valence-corrected chi connectivity index (χ0v) is 11.7. The van der Waals surface area contributed by atoms with E-state index in [9.17, 15) is 18.8 Å². The quantitative estimate of drug-likeness (QED) is 0.398. The molecule has 23 heavy (non-hydrogen) atoms. The summed E-state index contributed by atoms with van der Waals surface area (Å²) in [4.78, 5) is 39.0. The lowest BCUT2D eigenvalue weighted by Gasteiger charge is -2.03. The lowest BCUT2D eigenvalue weighted by atomic mass is 10.2. The largest absolute Gasteiger partial charge is 0.462 e. The fraction of sp³-hybridized carbons (Fsp3) is 0.0769. The van der Waals surface area contributed by atoms with Gasteiger partial charge in [0.1, 0.15) is 5.82 Å². The first kappa shape index (κ1) is 15.9. The Bertz CT molecular complexity index is 786. The molecule has 10 heteroatoms. The number of imide groups is 1. The number of halogens is 1. The number of benzene rings is 1. The van der Waals surface area contributed by atoms with Crippen LogP contribution in [0.15, 0.2) is 40.0 Å². The molecule has 0 spiro atoms. The third-order valence-electron chi connectivity index (χ3n) is 2.47. The molecule has 0 aliphatic rings. The van der Waals surface area contributed by atoms with Crippen LogP contribution in [0, 0.1) is 12.7 Å². The molecule has 0 aliphatic heterocycles. The normalized spacial score (nSPS) is 11.0. The topological polar surface area (TPSA) is 114 Å². The zero-order chi connectivity index (χ0) is 16.8. The molecule has 1 aromatic heterocycles. The van der Waals surface area contributed by atoms with E-state index in [1.165, 1.54) is 24.3 Å². The minimum absolute atomic E-state index is 0.0932. The molecule has 0 atom stereocenters. The molecule has 1 heterocycles. The summed E-state index contributed by atoms with van der Waals surface area (Å²) in [5.41, 5.74) is -0.347. The lowest BCUT2D eigenvalue weighted by molar-refractivity contribution is -0.748. The third-order valence-corrected chi connectivity index (χ3v) is 2.47. The molecular weight excluding hydrogens is 311 g/mol. The molecule has 0 saturated carbocycles. The molecule has 118 valence electrons. The molecule has 0 unspecified atom stereocenters. The van der Waals surface area contributed by atoms with Crippen LogP contribution >= 0.6 is 0 Å². The molecule has 0 radical (unpaired) electrons. The molecule has 0 bridgehead atoms. The summed E-state index contributed by atoms with van der Waals surface area (Å²) in [5.74, 6) is -1.55. The molecule has 2 aromatic rings. The summed E-state index contributed by atoms with van der Waals surface area (Å²) in [7, 11) is 0. The summed E-state index contributed by atoms with van der Waals surface area (Å²) in [6.45, 7) is 1.57. The smallest absolute Gasteiger partial charge is 0.272 e. The summed E-state index contributed by atoms with van der Waals surface area (Å²) < 4.78 is 18.2. The van der Waals surface area contributed by atoms with E-state index in [4.69, 9.17) is 4.52 Å². The number of rotatable bonds is 4. The second-order valence-electron chi connectivity index (χ2n) is 4.10. The Morgan fingerprint density at radius 1 is 1.43 bits per heavy atom. The van der Waals surface area contributed by atoms with Gasteiger partial charge in [0.15, 0.2) is 10.9 Å². The van der Waals surface area contributed by atoms with Crippen molar-refractivity contribution in [1.82, 2.24) is 10.5 Å². The fourth-order valence-electron chi connectivity index (χ4n) is 1.52. The van der Waals surface area contributed by atoms with Crippen molar-refractivity contribution in [3.63, 3.8) is 0 Å². The number of amides is 3. The van der Waals surface area contributed by atoms with Crippen molar-refractivity contribution in [2.45, 2.75) is 6.92 Å². The number of hydrogen-bond acceptors (Lipinski definition) is 6. The van der Waals surface area contributed by atoms with Gasteiger partial charge < -0.3 is 0 Å². The second kappa shape index (κ2) is 7.02. The number of hydrogen-bond donors (Lipinski definition) is 1. The molecular formula is C13H10FN4O5+. The standard InChI is InChI=1S/C13H9FN4O5/c1-8-6-11(17-22-8)18(15-7-19)23-13(21)16-12(20)9-4-2-3-5-10(9)14/h2-7H,1H3/p+1. The average molecular weight is 321 g/mol. The molecule has 9 nitrogen and oxygen atoms in total. The van der Waals surface area contributed by atoms with Gasteiger partial charge in [0, 0.05) is 0 Å². The Kier molecular flexibility index (Phi) is 4.87. The van der Waals surface area contributed by atoms with Gasteiger partial charge in [0.05, 0.1) is 16.5 Å². The lowest BCUT2D eigenvalue weighted by Crippen LogP contribution is -2.33. The monoisotopic (exact) mass is 321 g/mol. The van der Waals surface area contributed by atoms with Gasteiger partial charge in [-0.1, -0.05) is 12.1 Å². The number of azo groups is 1. The number of aromatic nitrogens is 1. The van der Waals surface area contributed by atoms with E-state index < -0.39 is 17.8 Å². The zero-order valence-electron chi connectivity index (χ0n) is 11.7. The third kappa shape index (κ3) is 4.03. The van der Waals surface area contributed by atoms with Crippen LogP contribution in [0.2, 0.25) is 0 Å². The maximum absolute atomic E-state index is 13.4. The van der Waals surface area contributed by atoms with Crippen LogP contribution in [0.4, 0.5) is 15.0 Å². The van der Waals surface area contributed by atoms with E-state index in [0.717, 1.165) is 6.07 Å². The summed E-state index contributed by atoms with van der Waals surface area (Å²) in [6, 6.07) is 6.40. The highest BCUT2D eigenvalue weighted by Gasteiger charge is 2.24. The van der Waals surface area contributed by atoms with Gasteiger partial charge in [-0.15, -0.1) is 0 Å². The predicted octanol–water partition coefficient (Wildman–Crippen LogP) is 1.86. The molecule has 0 fully saturated rings. The van der Waals surface area contributed by atoms with Crippen LogP contribution in [-0.2, 0) is 9.63 Å². The van der Waals surface area contributed by atoms with Crippen LogP contribution < -0.4 is 5.32 Å². The average Bonchev–Trinajstić information content (AvgIpc) is 2.93. The number of nitrogens with one attached hydrogen (secondary N) is 1. The minimum Gasteiger partial charge on any atom is -0.272 e. The van der Waals surface area contributed by atoms with Crippen LogP contribution in [0.5, 0.6) is 0 Å². The first-order chi connectivity index (χ1) is 11.0. The SMILES string of the molecule is Cc1cc([N+](=NC=O)OC(=O)NC(=O)c2ccccc2F)no1. The fourth-order valence-corrected chi connectivity index (χ4v) is 1.52. The Morgan fingerprint density at radius 2 is 2.17 bits per heavy atom. The Hall–Kier alpha value is -3.43. The molecule has 3 amide bonds. The Morgan fingerprint density at radius 3 is 2.78 bits per heavy atom. The molecule has 0 aliphatic carbocycles. The van der Waals surface area contributed by atoms with Crippen molar-refractivity contribution in [2.24, 2.45) is 5.11 Å². The van der Waals surface area contributed by atoms with Gasteiger partial charge in [-0.25, -0.2) is 14.0 Å². The maximum Gasteiger partial charge on any atom is 0.462 e. The molecule has 1 N–H and O–H groups in total. The van der Waals surface area contributed by atoms with Crippen molar-refractivity contribution < 1.29 is 33.0 Å².